The highest BCUT2D eigenvalue weighted by atomic mass is 16.6. The zero-order valence-electron chi connectivity index (χ0n) is 73.3. The van der Waals surface area contributed by atoms with Crippen molar-refractivity contribution in [3.63, 3.8) is 0 Å². The van der Waals surface area contributed by atoms with E-state index < -0.39 is 0 Å². The number of hydrogen-bond acceptors (Lipinski definition) is 6. The molecule has 0 N–H and O–H groups in total. The average molecular weight is 1480 g/mol. The number of ether oxygens (including phenoxy) is 6. The standard InChI is InChI=1S/C100H180O6/c1-81-35-23-39-85(5)47-31-55-93(13)67-71-101-77-99(79-103-75-97-59-19-17-20-60-97)105-73-69-95(15)58-34-50-88(8)42-26-38-84(4)46-30-54-92(12)66-64-90(10)52-28-44-82(2)36-24-40-86(6)48-32-56-94(14)68-72-102-78-100(80-104-76-98-61-21-18-22-62-98)106-74-70-96(16)57-33-49-87(7)41-25-37-83(3)45-29-53-91(11)65-63-89(9)51-27-43-81/h17-22,59-66,81-96,99-100H,23-58,67-80H2,1-16H3/b65-63+,66-64+/t81-,82-,83-,84-,85+,86+,87+,88+,89-,90-,91-,92-,93+,94+,95+,96+,99-,100-/m0/s1. The molecule has 0 fully saturated rings. The first-order valence-electron chi connectivity index (χ1n) is 46.2. The third-order valence-electron chi connectivity index (χ3n) is 25.0. The highest BCUT2D eigenvalue weighted by molar-refractivity contribution is 5.14. The van der Waals surface area contributed by atoms with E-state index in [1.807, 2.05) is 0 Å². The summed E-state index contributed by atoms with van der Waals surface area (Å²) in [5, 5.41) is 0. The lowest BCUT2D eigenvalue weighted by Gasteiger charge is -2.21. The molecule has 0 saturated carbocycles. The molecule has 616 valence electrons. The van der Waals surface area contributed by atoms with Gasteiger partial charge < -0.3 is 28.4 Å². The van der Waals surface area contributed by atoms with Gasteiger partial charge in [-0.1, -0.05) is 401 Å². The Balaban J connectivity index is 1.43. The van der Waals surface area contributed by atoms with Gasteiger partial charge in [0.2, 0.25) is 0 Å². The van der Waals surface area contributed by atoms with Gasteiger partial charge in [-0.15, -0.1) is 0 Å². The van der Waals surface area contributed by atoms with E-state index in [2.05, 4.69) is 196 Å². The van der Waals surface area contributed by atoms with E-state index in [0.29, 0.717) is 87.0 Å². The van der Waals surface area contributed by atoms with Crippen LogP contribution < -0.4 is 0 Å². The van der Waals surface area contributed by atoms with Crippen LogP contribution in [-0.2, 0) is 41.6 Å². The van der Waals surface area contributed by atoms with Crippen LogP contribution in [0.2, 0.25) is 0 Å². The highest BCUT2D eigenvalue weighted by Gasteiger charge is 2.19. The number of benzene rings is 2. The molecule has 2 aromatic carbocycles. The summed E-state index contributed by atoms with van der Waals surface area (Å²) in [4.78, 5) is 0. The maximum absolute atomic E-state index is 6.54. The van der Waals surface area contributed by atoms with Gasteiger partial charge in [0.15, 0.2) is 0 Å². The van der Waals surface area contributed by atoms with Crippen molar-refractivity contribution in [1.29, 1.82) is 0 Å². The Morgan fingerprint density at radius 3 is 0.642 bits per heavy atom. The molecule has 0 radical (unpaired) electrons. The van der Waals surface area contributed by atoms with E-state index in [-0.39, 0.29) is 12.2 Å². The Morgan fingerprint density at radius 1 is 0.236 bits per heavy atom. The van der Waals surface area contributed by atoms with Gasteiger partial charge in [-0.2, -0.15) is 0 Å². The molecule has 106 heavy (non-hydrogen) atoms. The Kier molecular flexibility index (Phi) is 60.1. The monoisotopic (exact) mass is 1480 g/mol. The summed E-state index contributed by atoms with van der Waals surface area (Å²) in [6.07, 6.45) is 63.3. The topological polar surface area (TPSA) is 55.4 Å². The second-order valence-electron chi connectivity index (χ2n) is 37.4. The molecular formula is C100H180O6. The van der Waals surface area contributed by atoms with Crippen molar-refractivity contribution in [3.05, 3.63) is 96.1 Å². The zero-order valence-corrected chi connectivity index (χ0v) is 73.3. The summed E-state index contributed by atoms with van der Waals surface area (Å²) in [6.45, 7) is 46.3. The van der Waals surface area contributed by atoms with E-state index in [0.717, 1.165) is 99.5 Å². The molecule has 2 aromatic rings. The largest absolute Gasteiger partial charge is 0.379 e. The number of hydrogen-bond donors (Lipinski definition) is 0. The Bertz CT molecular complexity index is 2110. The molecule has 0 amide bonds. The summed E-state index contributed by atoms with van der Waals surface area (Å²) in [7, 11) is 0. The van der Waals surface area contributed by atoms with E-state index in [9.17, 15) is 0 Å². The molecule has 6 heteroatoms. The minimum atomic E-state index is -0.0302. The third kappa shape index (κ3) is 57.7. The van der Waals surface area contributed by atoms with Gasteiger partial charge in [0.25, 0.3) is 0 Å². The minimum Gasteiger partial charge on any atom is -0.379 e. The molecule has 3 rings (SSSR count). The van der Waals surface area contributed by atoms with Gasteiger partial charge in [-0.25, -0.2) is 0 Å². The predicted molar refractivity (Wildman–Crippen MR) is 463 cm³/mol. The van der Waals surface area contributed by atoms with Crippen molar-refractivity contribution < 1.29 is 28.4 Å². The van der Waals surface area contributed by atoms with Crippen LogP contribution in [0.5, 0.6) is 0 Å². The number of allylic oxidation sites excluding steroid dienone is 4. The molecule has 0 saturated heterocycles. The lowest BCUT2D eigenvalue weighted by Crippen LogP contribution is -2.27. The normalized spacial score (nSPS) is 33.1. The molecule has 18 atom stereocenters. The van der Waals surface area contributed by atoms with Gasteiger partial charge in [0, 0.05) is 26.4 Å². The van der Waals surface area contributed by atoms with Crippen LogP contribution in [0.25, 0.3) is 0 Å². The van der Waals surface area contributed by atoms with Crippen molar-refractivity contribution in [1.82, 2.24) is 0 Å². The predicted octanol–water partition coefficient (Wildman–Crippen LogP) is 30.1. The van der Waals surface area contributed by atoms with Crippen LogP contribution in [0.1, 0.15) is 379 Å². The highest BCUT2D eigenvalue weighted by Crippen LogP contribution is 2.30. The summed E-state index contributed by atoms with van der Waals surface area (Å²) in [5.74, 6) is 12.0. The molecule has 0 bridgehead atoms. The van der Waals surface area contributed by atoms with Crippen molar-refractivity contribution in [3.8, 4) is 0 Å². The maximum Gasteiger partial charge on any atom is 0.104 e. The van der Waals surface area contributed by atoms with Gasteiger partial charge in [-0.05, 0) is 157 Å². The molecule has 1 heterocycles. The van der Waals surface area contributed by atoms with Crippen molar-refractivity contribution in [2.75, 3.05) is 52.9 Å². The SMILES string of the molecule is C[C@@H]1CCC[C@H](C)CCC[C@H](C)/C=C/[C@@H](C)CCC[C@@H](C)CCC[C@@H](C)CCC[C@@H](C)CCO[C@H](COCc2ccccc2)COCC[C@H](C)CCC[C@H](C)CCC[C@H](C)CCC[C@H](C)/C=C/[C@@H](C)CCC[C@@H](C)CCC[C@@H](C)CCC[C@@H](C)CCO[C@H](COCc2ccccc2)COCC[C@H](C)CCC1. The second kappa shape index (κ2) is 65.1. The molecule has 0 aromatic heterocycles. The summed E-state index contributed by atoms with van der Waals surface area (Å²) in [6, 6.07) is 21.1. The average Bonchev–Trinajstić information content (AvgIpc) is 1.11. The van der Waals surface area contributed by atoms with Crippen molar-refractivity contribution >= 4 is 0 Å². The van der Waals surface area contributed by atoms with E-state index in [1.54, 1.807) is 0 Å². The lowest BCUT2D eigenvalue weighted by molar-refractivity contribution is -0.0670. The maximum atomic E-state index is 6.54. The first kappa shape index (κ1) is 97.9. The summed E-state index contributed by atoms with van der Waals surface area (Å²) in [5.41, 5.74) is 2.42. The minimum absolute atomic E-state index is 0.0302. The summed E-state index contributed by atoms with van der Waals surface area (Å²) >= 11 is 0. The van der Waals surface area contributed by atoms with Crippen LogP contribution in [-0.4, -0.2) is 65.1 Å². The van der Waals surface area contributed by atoms with Gasteiger partial charge in [-0.3, -0.25) is 0 Å². The fourth-order valence-electron chi connectivity index (χ4n) is 16.5. The molecule has 0 unspecified atom stereocenters. The second-order valence-corrected chi connectivity index (χ2v) is 37.4. The molecule has 1 aliphatic rings. The third-order valence-corrected chi connectivity index (χ3v) is 25.0. The first-order valence-corrected chi connectivity index (χ1v) is 46.2. The quantitative estimate of drug-likeness (QED) is 0.246. The first-order chi connectivity index (χ1) is 51.2. The molecule has 6 nitrogen and oxygen atoms in total. The van der Waals surface area contributed by atoms with Gasteiger partial charge in [0.1, 0.15) is 12.2 Å². The Hall–Kier alpha value is -2.32. The number of rotatable bonds is 8. The molecule has 0 aliphatic carbocycles. The van der Waals surface area contributed by atoms with Crippen molar-refractivity contribution in [2.24, 2.45) is 94.7 Å². The molecule has 1 aliphatic heterocycles. The van der Waals surface area contributed by atoms with Crippen LogP contribution in [0.15, 0.2) is 85.0 Å². The molecular weight excluding hydrogens is 1300 g/mol. The van der Waals surface area contributed by atoms with Gasteiger partial charge >= 0.3 is 0 Å². The van der Waals surface area contributed by atoms with Crippen LogP contribution in [0.4, 0.5) is 0 Å². The Morgan fingerprint density at radius 2 is 0.425 bits per heavy atom. The van der Waals surface area contributed by atoms with Crippen molar-refractivity contribution in [2.45, 2.75) is 393 Å². The van der Waals surface area contributed by atoms with Crippen LogP contribution >= 0.6 is 0 Å². The molecule has 0 spiro atoms. The van der Waals surface area contributed by atoms with Gasteiger partial charge in [0.05, 0.1) is 39.6 Å². The van der Waals surface area contributed by atoms with E-state index in [1.165, 1.54) is 242 Å². The fraction of sp³-hybridized carbons (Fsp3) is 0.840. The smallest absolute Gasteiger partial charge is 0.104 e. The fourth-order valence-corrected chi connectivity index (χ4v) is 16.5. The van der Waals surface area contributed by atoms with E-state index in [4.69, 9.17) is 28.4 Å². The van der Waals surface area contributed by atoms with E-state index >= 15 is 0 Å². The zero-order chi connectivity index (χ0) is 77.0. The van der Waals surface area contributed by atoms with Crippen LogP contribution in [0.3, 0.4) is 0 Å². The summed E-state index contributed by atoms with van der Waals surface area (Å²) < 4.78 is 38.3. The van der Waals surface area contributed by atoms with Crippen LogP contribution in [0, 0.1) is 94.7 Å². The lowest BCUT2D eigenvalue weighted by atomic mass is 9.90. The Labute approximate surface area is 661 Å².